The van der Waals surface area contributed by atoms with E-state index in [1.54, 1.807) is 0 Å². The molecule has 1 N–H and O–H groups in total. The van der Waals surface area contributed by atoms with Gasteiger partial charge in [0.2, 0.25) is 0 Å². The number of halogens is 1. The van der Waals surface area contributed by atoms with E-state index in [9.17, 15) is 0 Å². The number of aromatic nitrogens is 2. The SMILES string of the molecule is Cl.Cn1nccc1[C@H]1[C@@H]2CNC[C@@H]21. The molecule has 0 radical (unpaired) electrons. The Balaban J connectivity index is 0.000000653. The van der Waals surface area contributed by atoms with Crippen LogP contribution in [0.4, 0.5) is 0 Å². The van der Waals surface area contributed by atoms with Crippen LogP contribution in [0.5, 0.6) is 0 Å². The zero-order valence-corrected chi connectivity index (χ0v) is 8.42. The highest BCUT2D eigenvalue weighted by Crippen LogP contribution is 2.55. The Morgan fingerprint density at radius 1 is 1.46 bits per heavy atom. The number of piperidine rings is 1. The zero-order chi connectivity index (χ0) is 8.13. The third-order valence-corrected chi connectivity index (χ3v) is 3.29. The van der Waals surface area contributed by atoms with Crippen LogP contribution >= 0.6 is 12.4 Å². The Kier molecular flexibility index (Phi) is 2.08. The van der Waals surface area contributed by atoms with Crippen molar-refractivity contribution in [1.29, 1.82) is 0 Å². The van der Waals surface area contributed by atoms with E-state index in [4.69, 9.17) is 0 Å². The molecule has 0 unspecified atom stereocenters. The van der Waals surface area contributed by atoms with Gasteiger partial charge in [-0.3, -0.25) is 4.68 Å². The molecule has 3 nitrogen and oxygen atoms in total. The number of fused-ring (bicyclic) bond motifs is 1. The Morgan fingerprint density at radius 3 is 2.69 bits per heavy atom. The summed E-state index contributed by atoms with van der Waals surface area (Å²) in [7, 11) is 2.04. The van der Waals surface area contributed by atoms with Crippen LogP contribution in [0.25, 0.3) is 0 Å². The van der Waals surface area contributed by atoms with Crippen LogP contribution in [0.3, 0.4) is 0 Å². The number of nitrogens with one attached hydrogen (secondary N) is 1. The highest BCUT2D eigenvalue weighted by atomic mass is 35.5. The Bertz CT molecular complexity index is 300. The molecule has 0 bridgehead atoms. The third kappa shape index (κ3) is 1.18. The minimum absolute atomic E-state index is 0. The summed E-state index contributed by atoms with van der Waals surface area (Å²) in [5.41, 5.74) is 1.42. The summed E-state index contributed by atoms with van der Waals surface area (Å²) in [6.45, 7) is 2.42. The van der Waals surface area contributed by atoms with Gasteiger partial charge >= 0.3 is 0 Å². The van der Waals surface area contributed by atoms with Gasteiger partial charge in [0.05, 0.1) is 0 Å². The maximum atomic E-state index is 4.20. The Labute approximate surface area is 83.9 Å². The molecular weight excluding hydrogens is 186 g/mol. The molecular formula is C9H14ClN3. The molecule has 0 spiro atoms. The van der Waals surface area contributed by atoms with Crippen LogP contribution in [-0.2, 0) is 7.05 Å². The fraction of sp³-hybridized carbons (Fsp3) is 0.667. The zero-order valence-electron chi connectivity index (χ0n) is 7.60. The van der Waals surface area contributed by atoms with Crippen molar-refractivity contribution >= 4 is 12.4 Å². The molecule has 1 aromatic heterocycles. The van der Waals surface area contributed by atoms with Crippen molar-refractivity contribution in [2.75, 3.05) is 13.1 Å². The average Bonchev–Trinajstić information content (AvgIpc) is 2.56. The fourth-order valence-corrected chi connectivity index (χ4v) is 2.57. The Morgan fingerprint density at radius 2 is 2.15 bits per heavy atom. The van der Waals surface area contributed by atoms with Gasteiger partial charge in [-0.25, -0.2) is 0 Å². The number of rotatable bonds is 1. The lowest BCUT2D eigenvalue weighted by Crippen LogP contribution is -2.15. The van der Waals surface area contributed by atoms with Gasteiger partial charge < -0.3 is 5.32 Å². The maximum absolute atomic E-state index is 4.20. The van der Waals surface area contributed by atoms with Crippen LogP contribution in [-0.4, -0.2) is 22.9 Å². The van der Waals surface area contributed by atoms with Gasteiger partial charge in [-0.15, -0.1) is 12.4 Å². The molecule has 13 heavy (non-hydrogen) atoms. The third-order valence-electron chi connectivity index (χ3n) is 3.29. The van der Waals surface area contributed by atoms with Crippen LogP contribution in [0, 0.1) is 11.8 Å². The summed E-state index contributed by atoms with van der Waals surface area (Å²) in [4.78, 5) is 0. The molecule has 2 heterocycles. The van der Waals surface area contributed by atoms with Gasteiger partial charge in [0.15, 0.2) is 0 Å². The topological polar surface area (TPSA) is 29.9 Å². The van der Waals surface area contributed by atoms with Crippen molar-refractivity contribution in [3.63, 3.8) is 0 Å². The van der Waals surface area contributed by atoms with Crippen molar-refractivity contribution in [3.8, 4) is 0 Å². The van der Waals surface area contributed by atoms with E-state index in [1.807, 2.05) is 17.9 Å². The highest BCUT2D eigenvalue weighted by Gasteiger charge is 2.54. The second kappa shape index (κ2) is 3.00. The lowest BCUT2D eigenvalue weighted by Gasteiger charge is -2.03. The first-order valence-corrected chi connectivity index (χ1v) is 4.56. The lowest BCUT2D eigenvalue weighted by molar-refractivity contribution is 0.631. The molecule has 72 valence electrons. The predicted octanol–water partition coefficient (Wildman–Crippen LogP) is 0.775. The van der Waals surface area contributed by atoms with Gasteiger partial charge in [-0.05, 0) is 31.0 Å². The lowest BCUT2D eigenvalue weighted by atomic mass is 10.2. The average molecular weight is 200 g/mol. The molecule has 3 rings (SSSR count). The van der Waals surface area contributed by atoms with Gasteiger partial charge in [-0.2, -0.15) is 5.10 Å². The summed E-state index contributed by atoms with van der Waals surface area (Å²) in [5, 5.41) is 7.60. The van der Waals surface area contributed by atoms with E-state index >= 15 is 0 Å². The molecule has 1 saturated heterocycles. The summed E-state index contributed by atoms with van der Waals surface area (Å²) in [6.07, 6.45) is 1.90. The normalized spacial score (nSPS) is 35.3. The van der Waals surface area contributed by atoms with Crippen molar-refractivity contribution < 1.29 is 0 Å². The van der Waals surface area contributed by atoms with Crippen LogP contribution < -0.4 is 5.32 Å². The van der Waals surface area contributed by atoms with Crippen molar-refractivity contribution in [3.05, 3.63) is 18.0 Å². The number of nitrogens with zero attached hydrogens (tertiary/aromatic N) is 2. The van der Waals surface area contributed by atoms with Crippen LogP contribution in [0.2, 0.25) is 0 Å². The van der Waals surface area contributed by atoms with E-state index < -0.39 is 0 Å². The maximum Gasteiger partial charge on any atom is 0.0492 e. The second-order valence-corrected chi connectivity index (χ2v) is 3.89. The minimum Gasteiger partial charge on any atom is -0.316 e. The predicted molar refractivity (Wildman–Crippen MR) is 53.0 cm³/mol. The molecule has 1 saturated carbocycles. The van der Waals surface area contributed by atoms with E-state index in [2.05, 4.69) is 16.5 Å². The van der Waals surface area contributed by atoms with E-state index in [-0.39, 0.29) is 12.4 Å². The van der Waals surface area contributed by atoms with Crippen molar-refractivity contribution in [1.82, 2.24) is 15.1 Å². The first kappa shape index (κ1) is 9.03. The molecule has 3 atom stereocenters. The summed E-state index contributed by atoms with van der Waals surface area (Å²) in [6, 6.07) is 2.16. The molecule has 0 amide bonds. The molecule has 0 aromatic carbocycles. The van der Waals surface area contributed by atoms with E-state index in [0.717, 1.165) is 17.8 Å². The smallest absolute Gasteiger partial charge is 0.0492 e. The summed E-state index contributed by atoms with van der Waals surface area (Å²) >= 11 is 0. The summed E-state index contributed by atoms with van der Waals surface area (Å²) < 4.78 is 2.02. The van der Waals surface area contributed by atoms with Crippen LogP contribution in [0.15, 0.2) is 12.3 Å². The second-order valence-electron chi connectivity index (χ2n) is 3.89. The molecule has 1 aliphatic carbocycles. The molecule has 2 fully saturated rings. The summed E-state index contributed by atoms with van der Waals surface area (Å²) in [5.74, 6) is 2.61. The van der Waals surface area contributed by atoms with Gasteiger partial charge in [0.25, 0.3) is 0 Å². The molecule has 1 aromatic rings. The monoisotopic (exact) mass is 199 g/mol. The largest absolute Gasteiger partial charge is 0.316 e. The fourth-order valence-electron chi connectivity index (χ4n) is 2.57. The first-order chi connectivity index (χ1) is 5.88. The quantitative estimate of drug-likeness (QED) is 0.725. The molecule has 2 aliphatic rings. The van der Waals surface area contributed by atoms with Gasteiger partial charge in [0.1, 0.15) is 0 Å². The number of aryl methyl sites for hydroxylation is 1. The van der Waals surface area contributed by atoms with Crippen molar-refractivity contribution in [2.24, 2.45) is 18.9 Å². The molecule has 1 aliphatic heterocycles. The Hall–Kier alpha value is -0.540. The number of hydrogen-bond acceptors (Lipinski definition) is 2. The minimum atomic E-state index is 0. The first-order valence-electron chi connectivity index (χ1n) is 4.56. The molecule has 4 heteroatoms. The van der Waals surface area contributed by atoms with Crippen molar-refractivity contribution in [2.45, 2.75) is 5.92 Å². The van der Waals surface area contributed by atoms with Gasteiger partial charge in [-0.1, -0.05) is 0 Å². The van der Waals surface area contributed by atoms with Crippen LogP contribution in [0.1, 0.15) is 11.6 Å². The van der Waals surface area contributed by atoms with E-state index in [1.165, 1.54) is 18.8 Å². The van der Waals surface area contributed by atoms with E-state index in [0.29, 0.717) is 0 Å². The van der Waals surface area contributed by atoms with Gasteiger partial charge in [0, 0.05) is 24.9 Å². The standard InChI is InChI=1S/C9H13N3.ClH/c1-12-8(2-3-11-12)9-6-4-10-5-7(6)9;/h2-3,6-7,9-10H,4-5H2,1H3;1H/t6-,7+,9+;. The number of hydrogen-bond donors (Lipinski definition) is 1. The highest BCUT2D eigenvalue weighted by molar-refractivity contribution is 5.85.